The lowest BCUT2D eigenvalue weighted by molar-refractivity contribution is 0.242. The lowest BCUT2D eigenvalue weighted by Crippen LogP contribution is -2.32. The zero-order chi connectivity index (χ0) is 9.68. The predicted molar refractivity (Wildman–Crippen MR) is 50.3 cm³/mol. The molecule has 13 heavy (non-hydrogen) atoms. The van der Waals surface area contributed by atoms with E-state index in [0.29, 0.717) is 6.54 Å². The number of nitrogens with zero attached hydrogens (tertiary/aromatic N) is 1. The van der Waals surface area contributed by atoms with Crippen LogP contribution < -0.4 is 10.6 Å². The Morgan fingerprint density at radius 1 is 1.54 bits per heavy atom. The Bertz CT molecular complexity index is 281. The molecule has 2 N–H and O–H groups in total. The van der Waals surface area contributed by atoms with E-state index in [4.69, 9.17) is 0 Å². The maximum absolute atomic E-state index is 10.8. The minimum Gasteiger partial charge on any atom is -0.341 e. The maximum atomic E-state index is 10.8. The van der Waals surface area contributed by atoms with Gasteiger partial charge in [-0.15, -0.1) is 0 Å². The van der Waals surface area contributed by atoms with Crippen molar-refractivity contribution in [3.8, 4) is 0 Å². The first kappa shape index (κ1) is 9.51. The molecule has 4 nitrogen and oxygen atoms in total. The summed E-state index contributed by atoms with van der Waals surface area (Å²) in [5.41, 5.74) is 1.97. The number of hydrogen-bond donors (Lipinski definition) is 2. The summed E-state index contributed by atoms with van der Waals surface area (Å²) in [5, 5.41) is 5.15. The van der Waals surface area contributed by atoms with Crippen LogP contribution in [0.5, 0.6) is 0 Å². The highest BCUT2D eigenvalue weighted by atomic mass is 16.2. The molecule has 0 saturated heterocycles. The normalized spacial score (nSPS) is 9.38. The molecular formula is C9H13N3O. The Balaban J connectivity index is 2.46. The fourth-order valence-corrected chi connectivity index (χ4v) is 0.874. The Kier molecular flexibility index (Phi) is 3.25. The van der Waals surface area contributed by atoms with Crippen LogP contribution in [0.3, 0.4) is 0 Å². The summed E-state index contributed by atoms with van der Waals surface area (Å²) in [6.07, 6.45) is 1.76. The zero-order valence-corrected chi connectivity index (χ0v) is 7.79. The van der Waals surface area contributed by atoms with Gasteiger partial charge < -0.3 is 10.6 Å². The number of pyridine rings is 1. The molecule has 1 aromatic rings. The zero-order valence-electron chi connectivity index (χ0n) is 7.79. The molecule has 4 heteroatoms. The summed E-state index contributed by atoms with van der Waals surface area (Å²) < 4.78 is 0. The number of urea groups is 1. The van der Waals surface area contributed by atoms with Gasteiger partial charge in [-0.1, -0.05) is 6.07 Å². The predicted octanol–water partition coefficient (Wildman–Crippen LogP) is 0.819. The number of aromatic nitrogens is 1. The molecule has 0 radical (unpaired) electrons. The van der Waals surface area contributed by atoms with Gasteiger partial charge in [0.25, 0.3) is 0 Å². The molecule has 0 spiro atoms. The molecule has 0 aromatic carbocycles. The third-order valence-electron chi connectivity index (χ3n) is 1.65. The number of hydrogen-bond acceptors (Lipinski definition) is 2. The molecule has 70 valence electrons. The quantitative estimate of drug-likeness (QED) is 0.706. The summed E-state index contributed by atoms with van der Waals surface area (Å²) >= 11 is 0. The molecule has 0 fully saturated rings. The molecule has 0 aliphatic rings. The summed E-state index contributed by atoms with van der Waals surface area (Å²) in [6.45, 7) is 2.43. The fraction of sp³-hybridized carbons (Fsp3) is 0.333. The average molecular weight is 179 g/mol. The van der Waals surface area contributed by atoms with E-state index < -0.39 is 0 Å². The van der Waals surface area contributed by atoms with E-state index in [2.05, 4.69) is 15.6 Å². The van der Waals surface area contributed by atoms with E-state index in [-0.39, 0.29) is 6.03 Å². The van der Waals surface area contributed by atoms with Gasteiger partial charge in [-0.25, -0.2) is 4.79 Å². The molecule has 0 unspecified atom stereocenters. The molecule has 0 aliphatic carbocycles. The van der Waals surface area contributed by atoms with E-state index >= 15 is 0 Å². The van der Waals surface area contributed by atoms with Gasteiger partial charge in [0.1, 0.15) is 0 Å². The standard InChI is InChI=1S/C9H13N3O/c1-7-3-4-8(5-11-7)6-12-9(13)10-2/h3-5H,6H2,1-2H3,(H2,10,12,13). The number of aryl methyl sites for hydroxylation is 1. The van der Waals surface area contributed by atoms with Gasteiger partial charge in [-0.2, -0.15) is 0 Å². The van der Waals surface area contributed by atoms with Gasteiger partial charge in [0.2, 0.25) is 0 Å². The van der Waals surface area contributed by atoms with E-state index in [1.807, 2.05) is 19.1 Å². The van der Waals surface area contributed by atoms with Crippen LogP contribution in [0, 0.1) is 6.92 Å². The first-order chi connectivity index (χ1) is 6.22. The highest BCUT2D eigenvalue weighted by Crippen LogP contribution is 1.97. The van der Waals surface area contributed by atoms with Crippen molar-refractivity contribution in [2.24, 2.45) is 0 Å². The number of carbonyl (C=O) groups excluding carboxylic acids is 1. The second-order valence-electron chi connectivity index (χ2n) is 2.74. The van der Waals surface area contributed by atoms with Gasteiger partial charge in [0.15, 0.2) is 0 Å². The van der Waals surface area contributed by atoms with Gasteiger partial charge >= 0.3 is 6.03 Å². The van der Waals surface area contributed by atoms with Gasteiger partial charge in [-0.05, 0) is 18.6 Å². The van der Waals surface area contributed by atoms with Crippen LogP contribution in [0.4, 0.5) is 4.79 Å². The van der Waals surface area contributed by atoms with E-state index in [9.17, 15) is 4.79 Å². The van der Waals surface area contributed by atoms with Crippen LogP contribution in [0.15, 0.2) is 18.3 Å². The smallest absolute Gasteiger partial charge is 0.314 e. The van der Waals surface area contributed by atoms with Crippen molar-refractivity contribution in [3.63, 3.8) is 0 Å². The van der Waals surface area contributed by atoms with Crippen molar-refractivity contribution in [1.29, 1.82) is 0 Å². The number of amides is 2. The summed E-state index contributed by atoms with van der Waals surface area (Å²) in [7, 11) is 1.59. The minimum atomic E-state index is -0.180. The molecule has 0 bridgehead atoms. The molecule has 1 heterocycles. The third kappa shape index (κ3) is 3.11. The lowest BCUT2D eigenvalue weighted by Gasteiger charge is -2.03. The second kappa shape index (κ2) is 4.45. The fourth-order valence-electron chi connectivity index (χ4n) is 0.874. The van der Waals surface area contributed by atoms with Gasteiger partial charge in [0, 0.05) is 25.5 Å². The van der Waals surface area contributed by atoms with Crippen molar-refractivity contribution in [2.75, 3.05) is 7.05 Å². The van der Waals surface area contributed by atoms with Crippen molar-refractivity contribution in [1.82, 2.24) is 15.6 Å². The minimum absolute atomic E-state index is 0.180. The van der Waals surface area contributed by atoms with Crippen LogP contribution in [0.2, 0.25) is 0 Å². The topological polar surface area (TPSA) is 54.0 Å². The van der Waals surface area contributed by atoms with Crippen LogP contribution >= 0.6 is 0 Å². The van der Waals surface area contributed by atoms with Crippen LogP contribution in [0.1, 0.15) is 11.3 Å². The molecule has 1 rings (SSSR count). The highest BCUT2D eigenvalue weighted by Gasteiger charge is 1.96. The van der Waals surface area contributed by atoms with E-state index in [1.54, 1.807) is 13.2 Å². The first-order valence-electron chi connectivity index (χ1n) is 4.09. The van der Waals surface area contributed by atoms with E-state index in [0.717, 1.165) is 11.3 Å². The second-order valence-corrected chi connectivity index (χ2v) is 2.74. The van der Waals surface area contributed by atoms with Crippen LogP contribution in [0.25, 0.3) is 0 Å². The van der Waals surface area contributed by atoms with Gasteiger partial charge in [-0.3, -0.25) is 4.98 Å². The number of nitrogens with one attached hydrogen (secondary N) is 2. The van der Waals surface area contributed by atoms with E-state index in [1.165, 1.54) is 0 Å². The van der Waals surface area contributed by atoms with Crippen molar-refractivity contribution < 1.29 is 4.79 Å². The Morgan fingerprint density at radius 3 is 2.85 bits per heavy atom. The third-order valence-corrected chi connectivity index (χ3v) is 1.65. The number of rotatable bonds is 2. The molecule has 0 aliphatic heterocycles. The Labute approximate surface area is 77.4 Å². The van der Waals surface area contributed by atoms with Crippen LogP contribution in [-0.4, -0.2) is 18.1 Å². The summed E-state index contributed by atoms with van der Waals surface area (Å²) in [5.74, 6) is 0. The molecular weight excluding hydrogens is 166 g/mol. The molecule has 2 amide bonds. The highest BCUT2D eigenvalue weighted by molar-refractivity contribution is 5.73. The van der Waals surface area contributed by atoms with Gasteiger partial charge in [0.05, 0.1) is 0 Å². The lowest BCUT2D eigenvalue weighted by atomic mass is 10.2. The van der Waals surface area contributed by atoms with Crippen molar-refractivity contribution in [2.45, 2.75) is 13.5 Å². The monoisotopic (exact) mass is 179 g/mol. The summed E-state index contributed by atoms with van der Waals surface area (Å²) in [6, 6.07) is 3.68. The maximum Gasteiger partial charge on any atom is 0.314 e. The molecule has 1 aromatic heterocycles. The van der Waals surface area contributed by atoms with Crippen molar-refractivity contribution >= 4 is 6.03 Å². The SMILES string of the molecule is CNC(=O)NCc1ccc(C)nc1. The molecule has 0 saturated carbocycles. The first-order valence-corrected chi connectivity index (χ1v) is 4.09. The number of carbonyl (C=O) groups is 1. The Hall–Kier alpha value is -1.58. The Morgan fingerprint density at radius 2 is 2.31 bits per heavy atom. The largest absolute Gasteiger partial charge is 0.341 e. The molecule has 0 atom stereocenters. The summed E-state index contributed by atoms with van der Waals surface area (Å²) in [4.78, 5) is 14.9. The van der Waals surface area contributed by atoms with Crippen LogP contribution in [-0.2, 0) is 6.54 Å². The van der Waals surface area contributed by atoms with Crippen molar-refractivity contribution in [3.05, 3.63) is 29.6 Å². The average Bonchev–Trinajstić information content (AvgIpc) is 2.16.